The number of ether oxygens (including phenoxy) is 1. The topological polar surface area (TPSA) is 75.6 Å². The molecule has 2 rings (SSSR count). The monoisotopic (exact) mass is 329 g/mol. The molecule has 6 heteroatoms. The molecule has 2 aromatic rings. The van der Waals surface area contributed by atoms with Crippen LogP contribution in [0.25, 0.3) is 0 Å². The number of amides is 1. The summed E-state index contributed by atoms with van der Waals surface area (Å²) in [6, 6.07) is 11.1. The van der Waals surface area contributed by atoms with E-state index >= 15 is 0 Å². The van der Waals surface area contributed by atoms with E-state index in [0.29, 0.717) is 18.5 Å². The molecule has 0 unspecified atom stereocenters. The Morgan fingerprint density at radius 2 is 2.00 bits per heavy atom. The highest BCUT2D eigenvalue weighted by molar-refractivity contribution is 7.12. The Balaban J connectivity index is 1.69. The van der Waals surface area contributed by atoms with Crippen molar-refractivity contribution in [3.05, 3.63) is 57.8 Å². The summed E-state index contributed by atoms with van der Waals surface area (Å²) in [7, 11) is 0. The molecule has 0 bridgehead atoms. The predicted molar refractivity (Wildman–Crippen MR) is 87.4 cm³/mol. The first-order valence-corrected chi connectivity index (χ1v) is 7.79. The van der Waals surface area contributed by atoms with Crippen LogP contribution in [0.3, 0.4) is 0 Å². The van der Waals surface area contributed by atoms with Crippen molar-refractivity contribution in [3.63, 3.8) is 0 Å². The van der Waals surface area contributed by atoms with Gasteiger partial charge in [0.1, 0.15) is 11.5 Å². The Labute approximate surface area is 137 Å². The van der Waals surface area contributed by atoms with Crippen molar-refractivity contribution in [2.24, 2.45) is 0 Å². The number of carboxylic acids is 1. The fourth-order valence-corrected chi connectivity index (χ4v) is 2.42. The second kappa shape index (κ2) is 8.61. The zero-order valence-corrected chi connectivity index (χ0v) is 13.1. The molecule has 1 amide bonds. The van der Waals surface area contributed by atoms with Crippen LogP contribution in [-0.2, 0) is 11.3 Å². The number of alkyl carbamates (subject to hydrolysis) is 1. The van der Waals surface area contributed by atoms with E-state index in [2.05, 4.69) is 17.2 Å². The summed E-state index contributed by atoms with van der Waals surface area (Å²) in [6.45, 7) is 0.558. The highest BCUT2D eigenvalue weighted by atomic mass is 32.1. The van der Waals surface area contributed by atoms with E-state index in [0.717, 1.165) is 16.9 Å². The number of nitrogens with one attached hydrogen (secondary N) is 1. The molecule has 5 nitrogen and oxygen atoms in total. The molecule has 1 aromatic carbocycles. The lowest BCUT2D eigenvalue weighted by molar-refractivity contribution is 0.0702. The molecular formula is C17H15NO4S. The van der Waals surface area contributed by atoms with E-state index < -0.39 is 12.1 Å². The summed E-state index contributed by atoms with van der Waals surface area (Å²) in [5.74, 6) is 4.65. The Bertz CT molecular complexity index is 728. The summed E-state index contributed by atoms with van der Waals surface area (Å²) < 4.78 is 5.06. The van der Waals surface area contributed by atoms with Crippen LogP contribution in [0.2, 0.25) is 0 Å². The molecule has 23 heavy (non-hydrogen) atoms. The minimum absolute atomic E-state index is 0.217. The molecule has 1 heterocycles. The van der Waals surface area contributed by atoms with Gasteiger partial charge < -0.3 is 15.2 Å². The Kier molecular flexibility index (Phi) is 6.21. The van der Waals surface area contributed by atoms with Crippen LogP contribution in [0.4, 0.5) is 4.79 Å². The summed E-state index contributed by atoms with van der Waals surface area (Å²) in [5.41, 5.74) is 1.41. The second-order valence-corrected chi connectivity index (χ2v) is 5.42. The van der Waals surface area contributed by atoms with Gasteiger partial charge in [-0.1, -0.05) is 42.2 Å². The smallest absolute Gasteiger partial charge is 0.407 e. The van der Waals surface area contributed by atoms with Gasteiger partial charge in [-0.2, -0.15) is 0 Å². The zero-order chi connectivity index (χ0) is 16.5. The van der Waals surface area contributed by atoms with E-state index in [4.69, 9.17) is 9.84 Å². The van der Waals surface area contributed by atoms with Gasteiger partial charge in [0.2, 0.25) is 0 Å². The Hall–Kier alpha value is -2.78. The molecule has 1 aromatic heterocycles. The average molecular weight is 329 g/mol. The molecule has 0 fully saturated rings. The van der Waals surface area contributed by atoms with Gasteiger partial charge >= 0.3 is 12.1 Å². The molecule has 0 radical (unpaired) electrons. The van der Waals surface area contributed by atoms with E-state index in [9.17, 15) is 9.59 Å². The minimum Gasteiger partial charge on any atom is -0.477 e. The number of carbonyl (C=O) groups excluding carboxylic acids is 1. The Morgan fingerprint density at radius 3 is 2.74 bits per heavy atom. The van der Waals surface area contributed by atoms with E-state index in [1.807, 2.05) is 30.3 Å². The summed E-state index contributed by atoms with van der Waals surface area (Å²) in [5, 5.41) is 13.2. The van der Waals surface area contributed by atoms with Crippen LogP contribution in [0.1, 0.15) is 27.2 Å². The summed E-state index contributed by atoms with van der Waals surface area (Å²) >= 11 is 1.14. The molecule has 2 N–H and O–H groups in total. The van der Waals surface area contributed by atoms with Crippen molar-refractivity contribution in [2.45, 2.75) is 13.0 Å². The largest absolute Gasteiger partial charge is 0.477 e. The van der Waals surface area contributed by atoms with Gasteiger partial charge in [0.05, 0.1) is 0 Å². The number of hydrogen-bond donors (Lipinski definition) is 2. The fourth-order valence-electron chi connectivity index (χ4n) is 1.73. The van der Waals surface area contributed by atoms with Gasteiger partial charge in [0.25, 0.3) is 0 Å². The van der Waals surface area contributed by atoms with E-state index in [1.165, 1.54) is 0 Å². The molecule has 0 atom stereocenters. The molecule has 0 aliphatic rings. The van der Waals surface area contributed by atoms with Crippen molar-refractivity contribution in [1.82, 2.24) is 5.32 Å². The van der Waals surface area contributed by atoms with Crippen LogP contribution in [-0.4, -0.2) is 23.7 Å². The first-order chi connectivity index (χ1) is 11.2. The number of hydrogen-bond acceptors (Lipinski definition) is 4. The third-order valence-electron chi connectivity index (χ3n) is 2.81. The number of carbonyl (C=O) groups is 2. The molecule has 0 saturated carbocycles. The zero-order valence-electron chi connectivity index (χ0n) is 12.2. The average Bonchev–Trinajstić information content (AvgIpc) is 3.02. The molecule has 118 valence electrons. The maximum Gasteiger partial charge on any atom is 0.407 e. The molecule has 0 saturated heterocycles. The number of rotatable bonds is 5. The third kappa shape index (κ3) is 5.49. The van der Waals surface area contributed by atoms with Gasteiger partial charge in [-0.25, -0.2) is 9.59 Å². The van der Waals surface area contributed by atoms with Crippen LogP contribution in [0.15, 0.2) is 41.8 Å². The summed E-state index contributed by atoms with van der Waals surface area (Å²) in [4.78, 5) is 22.6. The van der Waals surface area contributed by atoms with Crippen LogP contribution in [0, 0.1) is 11.8 Å². The first kappa shape index (κ1) is 16.6. The van der Waals surface area contributed by atoms with Gasteiger partial charge in [-0.15, -0.1) is 11.3 Å². The lowest BCUT2D eigenvalue weighted by Crippen LogP contribution is -2.24. The maximum atomic E-state index is 11.5. The van der Waals surface area contributed by atoms with Crippen molar-refractivity contribution >= 4 is 23.4 Å². The van der Waals surface area contributed by atoms with Crippen molar-refractivity contribution in [2.75, 3.05) is 6.54 Å². The fraction of sp³-hybridized carbons (Fsp3) is 0.176. The Morgan fingerprint density at radius 1 is 1.22 bits per heavy atom. The van der Waals surface area contributed by atoms with Crippen LogP contribution >= 0.6 is 11.3 Å². The third-order valence-corrected chi connectivity index (χ3v) is 3.72. The van der Waals surface area contributed by atoms with E-state index in [-0.39, 0.29) is 11.5 Å². The number of thiophene rings is 1. The van der Waals surface area contributed by atoms with Crippen molar-refractivity contribution < 1.29 is 19.4 Å². The van der Waals surface area contributed by atoms with Crippen LogP contribution in [0.5, 0.6) is 0 Å². The standard InChI is InChI=1S/C17H15NO4S/c19-16(20)15-14(9-11-23-15)8-4-5-10-18-17(21)22-12-13-6-2-1-3-7-13/h1-3,6-7,9,11H,5,10,12H2,(H,18,21)(H,19,20). The van der Waals surface area contributed by atoms with Gasteiger partial charge in [0, 0.05) is 18.5 Å². The highest BCUT2D eigenvalue weighted by Gasteiger charge is 2.08. The maximum absolute atomic E-state index is 11.5. The van der Waals surface area contributed by atoms with Gasteiger partial charge in [0.15, 0.2) is 0 Å². The molecule has 0 aliphatic carbocycles. The minimum atomic E-state index is -0.980. The molecule has 0 spiro atoms. The number of benzene rings is 1. The van der Waals surface area contributed by atoms with Crippen LogP contribution < -0.4 is 5.32 Å². The lowest BCUT2D eigenvalue weighted by atomic mass is 10.2. The first-order valence-electron chi connectivity index (χ1n) is 6.91. The quantitative estimate of drug-likeness (QED) is 0.653. The van der Waals surface area contributed by atoms with E-state index in [1.54, 1.807) is 11.4 Å². The van der Waals surface area contributed by atoms with Gasteiger partial charge in [-0.05, 0) is 17.0 Å². The highest BCUT2D eigenvalue weighted by Crippen LogP contribution is 2.15. The lowest BCUT2D eigenvalue weighted by Gasteiger charge is -2.05. The van der Waals surface area contributed by atoms with Crippen molar-refractivity contribution in [1.29, 1.82) is 0 Å². The van der Waals surface area contributed by atoms with Crippen molar-refractivity contribution in [3.8, 4) is 11.8 Å². The SMILES string of the molecule is O=C(NCCC#Cc1ccsc1C(=O)O)OCc1ccccc1. The number of aromatic carboxylic acids is 1. The molecule has 0 aliphatic heterocycles. The summed E-state index contributed by atoms with van der Waals surface area (Å²) in [6.07, 6.45) is -0.0904. The predicted octanol–water partition coefficient (Wildman–Crippen LogP) is 3.11. The number of carboxylic acid groups (broad SMARTS) is 1. The normalized spacial score (nSPS) is 9.57. The molecular weight excluding hydrogens is 314 g/mol. The van der Waals surface area contributed by atoms with Gasteiger partial charge in [-0.3, -0.25) is 0 Å². The second-order valence-electron chi connectivity index (χ2n) is 4.51.